The van der Waals surface area contributed by atoms with E-state index in [0.29, 0.717) is 15.3 Å². The number of nitrogens with zero attached hydrogens (tertiary/aromatic N) is 1. The summed E-state index contributed by atoms with van der Waals surface area (Å²) in [7, 11) is 0. The lowest BCUT2D eigenvalue weighted by Gasteiger charge is -2.17. The van der Waals surface area contributed by atoms with Gasteiger partial charge in [0.25, 0.3) is 0 Å². The van der Waals surface area contributed by atoms with Crippen molar-refractivity contribution in [2.75, 3.05) is 11.9 Å². The number of thiazole rings is 1. The van der Waals surface area contributed by atoms with Gasteiger partial charge in [0, 0.05) is 5.41 Å². The topological polar surface area (TPSA) is 71.1 Å². The average molecular weight is 309 g/mol. The maximum absolute atomic E-state index is 13.1. The standard InChI is InChI=1S/C14H16FN3O2S/c1-14(2,3)12(20)16-7-11(19)18-13-17-9-5-4-8(15)6-10(9)21-13/h4-6H,7H2,1-3H3,(H,16,20)(H,17,18,19). The zero-order valence-corrected chi connectivity index (χ0v) is 12.8. The molecule has 1 aromatic carbocycles. The van der Waals surface area contributed by atoms with Gasteiger partial charge in [-0.1, -0.05) is 32.1 Å². The molecule has 0 aliphatic carbocycles. The fraction of sp³-hybridized carbons (Fsp3) is 0.357. The summed E-state index contributed by atoms with van der Waals surface area (Å²) >= 11 is 1.18. The van der Waals surface area contributed by atoms with Gasteiger partial charge in [-0.25, -0.2) is 9.37 Å². The first kappa shape index (κ1) is 15.4. The van der Waals surface area contributed by atoms with Crippen molar-refractivity contribution in [3.8, 4) is 0 Å². The van der Waals surface area contributed by atoms with Crippen LogP contribution in [0.15, 0.2) is 18.2 Å². The van der Waals surface area contributed by atoms with Gasteiger partial charge in [0.1, 0.15) is 5.82 Å². The molecule has 7 heteroatoms. The van der Waals surface area contributed by atoms with Crippen LogP contribution in [0.1, 0.15) is 20.8 Å². The second-order valence-corrected chi connectivity index (χ2v) is 6.64. The summed E-state index contributed by atoms with van der Waals surface area (Å²) in [6.07, 6.45) is 0. The monoisotopic (exact) mass is 309 g/mol. The van der Waals surface area contributed by atoms with Crippen molar-refractivity contribution in [2.45, 2.75) is 20.8 Å². The minimum Gasteiger partial charge on any atom is -0.347 e. The maximum atomic E-state index is 13.1. The molecular weight excluding hydrogens is 293 g/mol. The number of benzene rings is 1. The van der Waals surface area contributed by atoms with Crippen LogP contribution in [0.25, 0.3) is 10.2 Å². The molecule has 2 N–H and O–H groups in total. The van der Waals surface area contributed by atoms with Gasteiger partial charge in [-0.2, -0.15) is 0 Å². The maximum Gasteiger partial charge on any atom is 0.245 e. The Morgan fingerprint density at radius 1 is 1.33 bits per heavy atom. The molecule has 0 saturated heterocycles. The van der Waals surface area contributed by atoms with Crippen LogP contribution in [0.2, 0.25) is 0 Å². The fourth-order valence-corrected chi connectivity index (χ4v) is 2.45. The van der Waals surface area contributed by atoms with Gasteiger partial charge >= 0.3 is 0 Å². The number of rotatable bonds is 3. The molecule has 0 aliphatic heterocycles. The largest absolute Gasteiger partial charge is 0.347 e. The number of fused-ring (bicyclic) bond motifs is 1. The third kappa shape index (κ3) is 3.98. The van der Waals surface area contributed by atoms with Crippen molar-refractivity contribution >= 4 is 38.5 Å². The van der Waals surface area contributed by atoms with Crippen molar-refractivity contribution < 1.29 is 14.0 Å². The third-order valence-corrected chi connectivity index (χ3v) is 3.62. The first-order chi connectivity index (χ1) is 9.75. The van der Waals surface area contributed by atoms with Crippen LogP contribution in [-0.4, -0.2) is 23.3 Å². The molecule has 0 bridgehead atoms. The van der Waals surface area contributed by atoms with E-state index in [1.807, 2.05) is 0 Å². The number of halogens is 1. The van der Waals surface area contributed by atoms with Crippen LogP contribution < -0.4 is 10.6 Å². The van der Waals surface area contributed by atoms with Gasteiger partial charge in [-0.15, -0.1) is 0 Å². The van der Waals surface area contributed by atoms with Gasteiger partial charge in [-0.05, 0) is 18.2 Å². The average Bonchev–Trinajstić information content (AvgIpc) is 2.75. The molecule has 0 saturated carbocycles. The number of carbonyl (C=O) groups excluding carboxylic acids is 2. The Morgan fingerprint density at radius 3 is 2.71 bits per heavy atom. The predicted octanol–water partition coefficient (Wildman–Crippen LogP) is 2.54. The van der Waals surface area contributed by atoms with E-state index in [0.717, 1.165) is 0 Å². The zero-order valence-electron chi connectivity index (χ0n) is 12.0. The lowest BCUT2D eigenvalue weighted by Crippen LogP contribution is -2.39. The molecule has 0 fully saturated rings. The molecule has 5 nitrogen and oxygen atoms in total. The number of nitrogens with one attached hydrogen (secondary N) is 2. The molecule has 0 aliphatic rings. The summed E-state index contributed by atoms with van der Waals surface area (Å²) in [5.74, 6) is -0.919. The van der Waals surface area contributed by atoms with Crippen molar-refractivity contribution in [2.24, 2.45) is 5.41 Å². The molecule has 112 valence electrons. The summed E-state index contributed by atoms with van der Waals surface area (Å²) in [6, 6.07) is 4.24. The molecule has 1 aromatic heterocycles. The fourth-order valence-electron chi connectivity index (χ4n) is 1.54. The second kappa shape index (κ2) is 5.77. The van der Waals surface area contributed by atoms with Gasteiger partial charge in [0.2, 0.25) is 11.8 Å². The summed E-state index contributed by atoms with van der Waals surface area (Å²) in [5.41, 5.74) is 0.0728. The Bertz CT molecular complexity index is 691. The van der Waals surface area contributed by atoms with Gasteiger partial charge < -0.3 is 10.6 Å². The van der Waals surface area contributed by atoms with E-state index in [1.165, 1.54) is 23.5 Å². The Labute approximate surface area is 125 Å². The van der Waals surface area contributed by atoms with Crippen LogP contribution in [0.5, 0.6) is 0 Å². The molecule has 0 atom stereocenters. The minimum atomic E-state index is -0.548. The summed E-state index contributed by atoms with van der Waals surface area (Å²) in [4.78, 5) is 27.6. The lowest BCUT2D eigenvalue weighted by molar-refractivity contribution is -0.130. The molecule has 1 heterocycles. The molecular formula is C14H16FN3O2S. The van der Waals surface area contributed by atoms with Crippen LogP contribution in [0.4, 0.5) is 9.52 Å². The quantitative estimate of drug-likeness (QED) is 0.915. The van der Waals surface area contributed by atoms with E-state index in [2.05, 4.69) is 15.6 Å². The first-order valence-corrected chi connectivity index (χ1v) is 7.21. The third-order valence-electron chi connectivity index (χ3n) is 2.69. The number of aromatic nitrogens is 1. The van der Waals surface area contributed by atoms with E-state index < -0.39 is 5.41 Å². The normalized spacial score (nSPS) is 11.4. The highest BCUT2D eigenvalue weighted by Gasteiger charge is 2.21. The van der Waals surface area contributed by atoms with Crippen LogP contribution in [0.3, 0.4) is 0 Å². The van der Waals surface area contributed by atoms with Crippen LogP contribution in [-0.2, 0) is 9.59 Å². The minimum absolute atomic E-state index is 0.125. The zero-order chi connectivity index (χ0) is 15.6. The van der Waals surface area contributed by atoms with Crippen molar-refractivity contribution in [1.29, 1.82) is 0 Å². The summed E-state index contributed by atoms with van der Waals surface area (Å²) < 4.78 is 13.7. The predicted molar refractivity (Wildman–Crippen MR) is 80.7 cm³/mol. The highest BCUT2D eigenvalue weighted by Crippen LogP contribution is 2.26. The Morgan fingerprint density at radius 2 is 2.05 bits per heavy atom. The SMILES string of the molecule is CC(C)(C)C(=O)NCC(=O)Nc1nc2ccc(F)cc2s1. The van der Waals surface area contributed by atoms with E-state index in [1.54, 1.807) is 26.8 Å². The number of amides is 2. The Hall–Kier alpha value is -2.02. The highest BCUT2D eigenvalue weighted by atomic mass is 32.1. The molecule has 0 unspecified atom stereocenters. The van der Waals surface area contributed by atoms with Crippen LogP contribution >= 0.6 is 11.3 Å². The Balaban J connectivity index is 1.97. The molecule has 0 radical (unpaired) electrons. The number of hydrogen-bond acceptors (Lipinski definition) is 4. The van der Waals surface area contributed by atoms with Crippen LogP contribution in [0, 0.1) is 11.2 Å². The molecule has 2 amide bonds. The highest BCUT2D eigenvalue weighted by molar-refractivity contribution is 7.22. The van der Waals surface area contributed by atoms with E-state index in [-0.39, 0.29) is 24.2 Å². The molecule has 2 aromatic rings. The van der Waals surface area contributed by atoms with E-state index >= 15 is 0 Å². The lowest BCUT2D eigenvalue weighted by atomic mass is 9.96. The van der Waals surface area contributed by atoms with Gasteiger partial charge in [0.15, 0.2) is 5.13 Å². The molecule has 21 heavy (non-hydrogen) atoms. The van der Waals surface area contributed by atoms with E-state index in [4.69, 9.17) is 0 Å². The number of carbonyl (C=O) groups is 2. The van der Waals surface area contributed by atoms with Gasteiger partial charge in [0.05, 0.1) is 16.8 Å². The smallest absolute Gasteiger partial charge is 0.245 e. The van der Waals surface area contributed by atoms with Crippen molar-refractivity contribution in [3.63, 3.8) is 0 Å². The van der Waals surface area contributed by atoms with Gasteiger partial charge in [-0.3, -0.25) is 9.59 Å². The van der Waals surface area contributed by atoms with Crippen molar-refractivity contribution in [1.82, 2.24) is 10.3 Å². The second-order valence-electron chi connectivity index (χ2n) is 5.61. The van der Waals surface area contributed by atoms with E-state index in [9.17, 15) is 14.0 Å². The molecule has 0 spiro atoms. The molecule has 2 rings (SSSR count). The Kier molecular flexibility index (Phi) is 4.22. The van der Waals surface area contributed by atoms with Crippen molar-refractivity contribution in [3.05, 3.63) is 24.0 Å². The summed E-state index contributed by atoms with van der Waals surface area (Å²) in [5, 5.41) is 5.52. The number of anilines is 1. The summed E-state index contributed by atoms with van der Waals surface area (Å²) in [6.45, 7) is 5.17. The number of hydrogen-bond donors (Lipinski definition) is 2. The first-order valence-electron chi connectivity index (χ1n) is 6.40.